The fraction of sp³-hybridized carbons (Fsp3) is 0.818. The Balaban J connectivity index is 2.25. The highest BCUT2D eigenvalue weighted by atomic mass is 16.5. The van der Waals surface area contributed by atoms with Crippen LogP contribution in [0.1, 0.15) is 37.8 Å². The largest absolute Gasteiger partial charge is 0.381 e. The second-order valence-electron chi connectivity index (χ2n) is 4.74. The molecule has 0 aliphatic carbocycles. The molecule has 1 aromatic rings. The van der Waals surface area contributed by atoms with Gasteiger partial charge in [-0.1, -0.05) is 13.8 Å². The van der Waals surface area contributed by atoms with Gasteiger partial charge >= 0.3 is 0 Å². The van der Waals surface area contributed by atoms with Gasteiger partial charge in [-0.15, -0.1) is 10.2 Å². The van der Waals surface area contributed by atoms with Crippen LogP contribution in [0.5, 0.6) is 0 Å². The minimum absolute atomic E-state index is 0.395. The lowest BCUT2D eigenvalue weighted by Gasteiger charge is -2.14. The fourth-order valence-corrected chi connectivity index (χ4v) is 2.10. The Morgan fingerprint density at radius 3 is 2.88 bits per heavy atom. The molecule has 0 saturated carbocycles. The van der Waals surface area contributed by atoms with Crippen LogP contribution in [-0.4, -0.2) is 28.0 Å². The van der Waals surface area contributed by atoms with Gasteiger partial charge in [0.05, 0.1) is 13.2 Å². The molecule has 1 unspecified atom stereocenters. The van der Waals surface area contributed by atoms with E-state index in [-0.39, 0.29) is 0 Å². The maximum absolute atomic E-state index is 5.68. The van der Waals surface area contributed by atoms with Crippen molar-refractivity contribution in [2.45, 2.75) is 39.3 Å². The summed E-state index contributed by atoms with van der Waals surface area (Å²) < 4.78 is 7.57. The molecule has 5 heteroatoms. The molecule has 0 spiro atoms. The van der Waals surface area contributed by atoms with Gasteiger partial charge in [0.1, 0.15) is 11.6 Å². The van der Waals surface area contributed by atoms with Gasteiger partial charge in [0.15, 0.2) is 0 Å². The highest BCUT2D eigenvalue weighted by Gasteiger charge is 2.24. The molecule has 1 fully saturated rings. The predicted octanol–water partition coefficient (Wildman–Crippen LogP) is 0.897. The average Bonchev–Trinajstić information content (AvgIpc) is 2.84. The van der Waals surface area contributed by atoms with E-state index in [1.807, 2.05) is 0 Å². The monoisotopic (exact) mass is 224 g/mol. The van der Waals surface area contributed by atoms with E-state index < -0.39 is 0 Å². The summed E-state index contributed by atoms with van der Waals surface area (Å²) in [7, 11) is 0. The Labute approximate surface area is 96.0 Å². The summed E-state index contributed by atoms with van der Waals surface area (Å²) in [6, 6.07) is 0. The fourth-order valence-electron chi connectivity index (χ4n) is 2.10. The third-order valence-corrected chi connectivity index (χ3v) is 2.88. The molecule has 2 heterocycles. The Kier molecular flexibility index (Phi) is 3.56. The van der Waals surface area contributed by atoms with E-state index in [1.54, 1.807) is 0 Å². The molecule has 1 saturated heterocycles. The molecule has 0 radical (unpaired) electrons. The standard InChI is InChI=1S/C11H20N4O/c1-8(2)6-15-10(5-12)13-14-11(15)9-3-4-16-7-9/h8-9H,3-7,12H2,1-2H3. The molecule has 2 rings (SSSR count). The van der Waals surface area contributed by atoms with Crippen LogP contribution in [0.4, 0.5) is 0 Å². The predicted molar refractivity (Wildman–Crippen MR) is 60.9 cm³/mol. The minimum atomic E-state index is 0.395. The molecule has 0 bridgehead atoms. The summed E-state index contributed by atoms with van der Waals surface area (Å²) in [6.07, 6.45) is 1.04. The molecule has 2 N–H and O–H groups in total. The van der Waals surface area contributed by atoms with E-state index in [1.165, 1.54) is 0 Å². The Bertz CT molecular complexity index is 342. The molecule has 0 amide bonds. The van der Waals surface area contributed by atoms with Gasteiger partial charge in [0, 0.05) is 19.1 Å². The van der Waals surface area contributed by atoms with Crippen LogP contribution in [0.15, 0.2) is 0 Å². The van der Waals surface area contributed by atoms with Gasteiger partial charge < -0.3 is 15.0 Å². The first-order valence-electron chi connectivity index (χ1n) is 5.92. The van der Waals surface area contributed by atoms with E-state index >= 15 is 0 Å². The summed E-state index contributed by atoms with van der Waals surface area (Å²) >= 11 is 0. The van der Waals surface area contributed by atoms with E-state index in [0.29, 0.717) is 18.4 Å². The van der Waals surface area contributed by atoms with E-state index in [9.17, 15) is 0 Å². The number of aromatic nitrogens is 3. The van der Waals surface area contributed by atoms with Crippen molar-refractivity contribution >= 4 is 0 Å². The normalized spacial score (nSPS) is 20.9. The van der Waals surface area contributed by atoms with Crippen molar-refractivity contribution in [2.24, 2.45) is 11.7 Å². The van der Waals surface area contributed by atoms with Gasteiger partial charge in [-0.3, -0.25) is 0 Å². The number of rotatable bonds is 4. The highest BCUT2D eigenvalue weighted by molar-refractivity contribution is 5.04. The van der Waals surface area contributed by atoms with Crippen LogP contribution >= 0.6 is 0 Å². The van der Waals surface area contributed by atoms with Crippen LogP contribution in [-0.2, 0) is 17.8 Å². The molecule has 90 valence electrons. The number of nitrogens with zero attached hydrogens (tertiary/aromatic N) is 3. The summed E-state index contributed by atoms with van der Waals surface area (Å²) in [5.41, 5.74) is 5.68. The van der Waals surface area contributed by atoms with Crippen molar-refractivity contribution < 1.29 is 4.74 Å². The first-order valence-corrected chi connectivity index (χ1v) is 5.92. The van der Waals surface area contributed by atoms with Gasteiger partial charge in [0.2, 0.25) is 0 Å². The summed E-state index contributed by atoms with van der Waals surface area (Å²) in [5, 5.41) is 8.44. The lowest BCUT2D eigenvalue weighted by Crippen LogP contribution is -2.16. The quantitative estimate of drug-likeness (QED) is 0.825. The molecule has 1 aliphatic heterocycles. The van der Waals surface area contributed by atoms with Crippen molar-refractivity contribution in [3.8, 4) is 0 Å². The smallest absolute Gasteiger partial charge is 0.146 e. The first-order chi connectivity index (χ1) is 7.72. The van der Waals surface area contributed by atoms with Crippen LogP contribution < -0.4 is 5.73 Å². The minimum Gasteiger partial charge on any atom is -0.381 e. The zero-order chi connectivity index (χ0) is 11.5. The number of hydrogen-bond donors (Lipinski definition) is 1. The van der Waals surface area contributed by atoms with Gasteiger partial charge in [-0.05, 0) is 12.3 Å². The lowest BCUT2D eigenvalue weighted by molar-refractivity contribution is 0.192. The SMILES string of the molecule is CC(C)Cn1c(CN)nnc1C1CCOC1. The van der Waals surface area contributed by atoms with E-state index in [0.717, 1.165) is 37.8 Å². The molecule has 0 aromatic carbocycles. The second-order valence-corrected chi connectivity index (χ2v) is 4.74. The first kappa shape index (κ1) is 11.5. The third-order valence-electron chi connectivity index (χ3n) is 2.88. The number of ether oxygens (including phenoxy) is 1. The maximum atomic E-state index is 5.68. The van der Waals surface area contributed by atoms with Crippen molar-refractivity contribution in [2.75, 3.05) is 13.2 Å². The van der Waals surface area contributed by atoms with E-state index in [4.69, 9.17) is 10.5 Å². The summed E-state index contributed by atoms with van der Waals surface area (Å²) in [6.45, 7) is 7.36. The molecule has 16 heavy (non-hydrogen) atoms. The van der Waals surface area contributed by atoms with Crippen molar-refractivity contribution in [3.63, 3.8) is 0 Å². The van der Waals surface area contributed by atoms with E-state index in [2.05, 4.69) is 28.6 Å². The Morgan fingerprint density at radius 2 is 2.31 bits per heavy atom. The Morgan fingerprint density at radius 1 is 1.50 bits per heavy atom. The number of nitrogens with two attached hydrogens (primary N) is 1. The van der Waals surface area contributed by atoms with Crippen molar-refractivity contribution in [3.05, 3.63) is 11.6 Å². The third kappa shape index (κ3) is 2.25. The van der Waals surface area contributed by atoms with Gasteiger partial charge in [-0.25, -0.2) is 0 Å². The average molecular weight is 224 g/mol. The van der Waals surface area contributed by atoms with Crippen LogP contribution in [0, 0.1) is 5.92 Å². The molecule has 1 atom stereocenters. The van der Waals surface area contributed by atoms with Crippen molar-refractivity contribution in [1.82, 2.24) is 14.8 Å². The molecule has 5 nitrogen and oxygen atoms in total. The van der Waals surface area contributed by atoms with Gasteiger partial charge in [-0.2, -0.15) is 0 Å². The molecule has 1 aromatic heterocycles. The van der Waals surface area contributed by atoms with Crippen LogP contribution in [0.3, 0.4) is 0 Å². The second kappa shape index (κ2) is 4.93. The molecule has 1 aliphatic rings. The number of hydrogen-bond acceptors (Lipinski definition) is 4. The molecular weight excluding hydrogens is 204 g/mol. The Hall–Kier alpha value is -0.940. The highest BCUT2D eigenvalue weighted by Crippen LogP contribution is 2.24. The topological polar surface area (TPSA) is 66.0 Å². The zero-order valence-corrected chi connectivity index (χ0v) is 10.0. The van der Waals surface area contributed by atoms with Crippen LogP contribution in [0.2, 0.25) is 0 Å². The maximum Gasteiger partial charge on any atom is 0.146 e. The van der Waals surface area contributed by atoms with Crippen LogP contribution in [0.25, 0.3) is 0 Å². The van der Waals surface area contributed by atoms with Crippen molar-refractivity contribution in [1.29, 1.82) is 0 Å². The summed E-state index contributed by atoms with van der Waals surface area (Å²) in [5.74, 6) is 2.90. The molecular formula is C11H20N4O. The van der Waals surface area contributed by atoms with Gasteiger partial charge in [0.25, 0.3) is 0 Å². The zero-order valence-electron chi connectivity index (χ0n) is 10.0. The summed E-state index contributed by atoms with van der Waals surface area (Å²) in [4.78, 5) is 0. The lowest BCUT2D eigenvalue weighted by atomic mass is 10.1.